The summed E-state index contributed by atoms with van der Waals surface area (Å²) in [6, 6.07) is 10.0. The van der Waals surface area contributed by atoms with Gasteiger partial charge in [0.2, 0.25) is 0 Å². The van der Waals surface area contributed by atoms with E-state index in [1.807, 2.05) is 18.2 Å². The van der Waals surface area contributed by atoms with Crippen molar-refractivity contribution in [1.29, 1.82) is 0 Å². The van der Waals surface area contributed by atoms with Crippen LogP contribution in [0.4, 0.5) is 0 Å². The average Bonchev–Trinajstić information content (AvgIpc) is 2.93. The minimum absolute atomic E-state index is 0.710. The van der Waals surface area contributed by atoms with Gasteiger partial charge >= 0.3 is 0 Å². The Morgan fingerprint density at radius 1 is 1.29 bits per heavy atom. The fourth-order valence-corrected chi connectivity index (χ4v) is 2.14. The van der Waals surface area contributed by atoms with Gasteiger partial charge in [-0.15, -0.1) is 0 Å². The highest BCUT2D eigenvalue weighted by Crippen LogP contribution is 2.25. The molecule has 0 atom stereocenters. The molecule has 0 aliphatic rings. The molecule has 0 amide bonds. The van der Waals surface area contributed by atoms with Crippen LogP contribution in [-0.2, 0) is 6.42 Å². The van der Waals surface area contributed by atoms with E-state index in [0.717, 1.165) is 29.0 Å². The number of aromatic nitrogens is 2. The Hall–Kier alpha value is -1.55. The second-order valence-electron chi connectivity index (χ2n) is 3.89. The van der Waals surface area contributed by atoms with E-state index in [2.05, 4.69) is 45.0 Å². The predicted octanol–water partition coefficient (Wildman–Crippen LogP) is 4.15. The number of furan rings is 1. The van der Waals surface area contributed by atoms with Crippen molar-refractivity contribution in [2.24, 2.45) is 0 Å². The number of hydrogen-bond donors (Lipinski definition) is 1. The van der Waals surface area contributed by atoms with Crippen molar-refractivity contribution in [1.82, 2.24) is 9.97 Å². The summed E-state index contributed by atoms with van der Waals surface area (Å²) in [5, 5.41) is 0. The number of hydrogen-bond acceptors (Lipinski definition) is 2. The minimum Gasteiger partial charge on any atom is -0.446 e. The van der Waals surface area contributed by atoms with E-state index < -0.39 is 0 Å². The molecule has 0 spiro atoms. The van der Waals surface area contributed by atoms with Gasteiger partial charge in [-0.3, -0.25) is 0 Å². The summed E-state index contributed by atoms with van der Waals surface area (Å²) in [4.78, 5) is 7.78. The number of aromatic amines is 1. The SMILES string of the molecule is CCc1ccc2nc(-c3ccc(Br)o3)[nH]c2c1. The molecule has 0 aliphatic carbocycles. The highest BCUT2D eigenvalue weighted by molar-refractivity contribution is 9.10. The lowest BCUT2D eigenvalue weighted by molar-refractivity contribution is 0.552. The van der Waals surface area contributed by atoms with E-state index in [1.54, 1.807) is 0 Å². The first kappa shape index (κ1) is 10.6. The smallest absolute Gasteiger partial charge is 0.174 e. The molecule has 4 heteroatoms. The van der Waals surface area contributed by atoms with Crippen molar-refractivity contribution in [2.45, 2.75) is 13.3 Å². The van der Waals surface area contributed by atoms with Crippen LogP contribution in [0.2, 0.25) is 0 Å². The van der Waals surface area contributed by atoms with Crippen LogP contribution in [0.1, 0.15) is 12.5 Å². The van der Waals surface area contributed by atoms with E-state index in [0.29, 0.717) is 4.67 Å². The van der Waals surface area contributed by atoms with Gasteiger partial charge < -0.3 is 9.40 Å². The molecule has 86 valence electrons. The van der Waals surface area contributed by atoms with Gasteiger partial charge in [-0.2, -0.15) is 0 Å². The third-order valence-corrected chi connectivity index (χ3v) is 3.19. The van der Waals surface area contributed by atoms with Gasteiger partial charge in [-0.05, 0) is 52.2 Å². The van der Waals surface area contributed by atoms with Crippen LogP contribution in [0.5, 0.6) is 0 Å². The molecule has 0 bridgehead atoms. The Morgan fingerprint density at radius 3 is 2.88 bits per heavy atom. The summed E-state index contributed by atoms with van der Waals surface area (Å²) in [6.45, 7) is 2.14. The monoisotopic (exact) mass is 290 g/mol. The van der Waals surface area contributed by atoms with Gasteiger partial charge in [0.25, 0.3) is 0 Å². The third-order valence-electron chi connectivity index (χ3n) is 2.76. The summed E-state index contributed by atoms with van der Waals surface area (Å²) in [7, 11) is 0. The lowest BCUT2D eigenvalue weighted by Crippen LogP contribution is -1.78. The van der Waals surface area contributed by atoms with Gasteiger partial charge in [0.15, 0.2) is 16.3 Å². The maximum absolute atomic E-state index is 5.48. The summed E-state index contributed by atoms with van der Waals surface area (Å²) in [6.07, 6.45) is 1.02. The van der Waals surface area contributed by atoms with E-state index >= 15 is 0 Å². The lowest BCUT2D eigenvalue weighted by atomic mass is 10.1. The molecular formula is C13H11BrN2O. The van der Waals surface area contributed by atoms with E-state index in [-0.39, 0.29) is 0 Å². The van der Waals surface area contributed by atoms with Crippen molar-refractivity contribution in [2.75, 3.05) is 0 Å². The number of H-pyrrole nitrogens is 1. The largest absolute Gasteiger partial charge is 0.446 e. The quantitative estimate of drug-likeness (QED) is 0.770. The first-order chi connectivity index (χ1) is 8.26. The number of benzene rings is 1. The molecule has 1 aromatic carbocycles. The van der Waals surface area contributed by atoms with Crippen LogP contribution in [-0.4, -0.2) is 9.97 Å². The second-order valence-corrected chi connectivity index (χ2v) is 4.68. The molecule has 0 fully saturated rings. The van der Waals surface area contributed by atoms with Crippen LogP contribution in [0.3, 0.4) is 0 Å². The maximum atomic E-state index is 5.48. The highest BCUT2D eigenvalue weighted by atomic mass is 79.9. The first-order valence-corrected chi connectivity index (χ1v) is 6.30. The van der Waals surface area contributed by atoms with Gasteiger partial charge in [0.05, 0.1) is 11.0 Å². The Labute approximate surface area is 107 Å². The third kappa shape index (κ3) is 1.89. The van der Waals surface area contributed by atoms with Gasteiger partial charge in [0, 0.05) is 0 Å². The molecule has 0 aliphatic heterocycles. The molecule has 3 nitrogen and oxygen atoms in total. The molecule has 1 N–H and O–H groups in total. The fourth-order valence-electron chi connectivity index (χ4n) is 1.83. The molecule has 0 saturated carbocycles. The van der Waals surface area contributed by atoms with E-state index in [9.17, 15) is 0 Å². The molecule has 0 unspecified atom stereocenters. The zero-order valence-electron chi connectivity index (χ0n) is 9.33. The molecule has 3 rings (SSSR count). The number of fused-ring (bicyclic) bond motifs is 1. The Bertz CT molecular complexity index is 669. The van der Waals surface area contributed by atoms with E-state index in [4.69, 9.17) is 4.42 Å². The van der Waals surface area contributed by atoms with Gasteiger partial charge in [-0.25, -0.2) is 4.98 Å². The van der Waals surface area contributed by atoms with Crippen LogP contribution in [0, 0.1) is 0 Å². The average molecular weight is 291 g/mol. The van der Waals surface area contributed by atoms with Gasteiger partial charge in [-0.1, -0.05) is 13.0 Å². The van der Waals surface area contributed by atoms with Crippen molar-refractivity contribution in [3.05, 3.63) is 40.6 Å². The Morgan fingerprint density at radius 2 is 2.18 bits per heavy atom. The Kier molecular flexibility index (Phi) is 2.52. The summed E-state index contributed by atoms with van der Waals surface area (Å²) in [5.41, 5.74) is 3.31. The number of halogens is 1. The van der Waals surface area contributed by atoms with Crippen molar-refractivity contribution < 1.29 is 4.42 Å². The number of imidazole rings is 1. The molecule has 0 saturated heterocycles. The molecule has 3 aromatic rings. The first-order valence-electron chi connectivity index (χ1n) is 5.50. The molecule has 0 radical (unpaired) electrons. The number of rotatable bonds is 2. The summed E-state index contributed by atoms with van der Waals surface area (Å²) >= 11 is 3.29. The zero-order chi connectivity index (χ0) is 11.8. The lowest BCUT2D eigenvalue weighted by Gasteiger charge is -1.93. The zero-order valence-corrected chi connectivity index (χ0v) is 10.9. The predicted molar refractivity (Wildman–Crippen MR) is 70.9 cm³/mol. The number of nitrogens with zero attached hydrogens (tertiary/aromatic N) is 1. The van der Waals surface area contributed by atoms with E-state index in [1.165, 1.54) is 5.56 Å². The van der Waals surface area contributed by atoms with Crippen LogP contribution in [0.15, 0.2) is 39.4 Å². The standard InChI is InChI=1S/C13H11BrN2O/c1-2-8-3-4-9-10(7-8)16-13(15-9)11-5-6-12(14)17-11/h3-7H,2H2,1H3,(H,15,16). The van der Waals surface area contributed by atoms with Crippen molar-refractivity contribution in [3.8, 4) is 11.6 Å². The highest BCUT2D eigenvalue weighted by Gasteiger charge is 2.09. The summed E-state index contributed by atoms with van der Waals surface area (Å²) in [5.74, 6) is 1.50. The van der Waals surface area contributed by atoms with Crippen LogP contribution >= 0.6 is 15.9 Å². The molecule has 17 heavy (non-hydrogen) atoms. The van der Waals surface area contributed by atoms with Gasteiger partial charge in [0.1, 0.15) is 0 Å². The minimum atomic E-state index is 0.710. The number of nitrogens with one attached hydrogen (secondary N) is 1. The molecule has 2 heterocycles. The summed E-state index contributed by atoms with van der Waals surface area (Å²) < 4.78 is 6.19. The topological polar surface area (TPSA) is 41.8 Å². The normalized spacial score (nSPS) is 11.2. The Balaban J connectivity index is 2.13. The van der Waals surface area contributed by atoms with Crippen molar-refractivity contribution in [3.63, 3.8) is 0 Å². The fraction of sp³-hybridized carbons (Fsp3) is 0.154. The molecular weight excluding hydrogens is 280 g/mol. The van der Waals surface area contributed by atoms with Crippen molar-refractivity contribution >= 4 is 27.0 Å². The van der Waals surface area contributed by atoms with Crippen LogP contribution in [0.25, 0.3) is 22.6 Å². The maximum Gasteiger partial charge on any atom is 0.174 e. The second kappa shape index (κ2) is 4.04. The van der Waals surface area contributed by atoms with Crippen LogP contribution < -0.4 is 0 Å². The molecule has 2 aromatic heterocycles. The number of aryl methyl sites for hydroxylation is 1.